The molecule has 30 heavy (non-hydrogen) atoms. The van der Waals surface area contributed by atoms with Crippen molar-refractivity contribution in [3.8, 4) is 12.1 Å². The number of nitriles is 2. The molecule has 0 aromatic heterocycles. The van der Waals surface area contributed by atoms with Gasteiger partial charge in [0, 0.05) is 25.3 Å². The van der Waals surface area contributed by atoms with Crippen molar-refractivity contribution in [2.75, 3.05) is 24.5 Å². The minimum Gasteiger partial charge on any atom is -0.324 e. The third-order valence-electron chi connectivity index (χ3n) is 6.27. The second kappa shape index (κ2) is 9.01. The first kappa shape index (κ1) is 20.0. The topological polar surface area (TPSA) is 71.1 Å². The summed E-state index contributed by atoms with van der Waals surface area (Å²) in [5, 5.41) is 18.0. The Hall–Kier alpha value is -3.31. The summed E-state index contributed by atoms with van der Waals surface area (Å²) in [4.78, 5) is 17.2. The average molecular weight is 399 g/mol. The maximum atomic E-state index is 13.4. The molecule has 4 rings (SSSR count). The zero-order chi connectivity index (χ0) is 20.9. The van der Waals surface area contributed by atoms with Crippen molar-refractivity contribution in [3.63, 3.8) is 0 Å². The van der Waals surface area contributed by atoms with Gasteiger partial charge in [0.25, 0.3) is 0 Å². The van der Waals surface area contributed by atoms with Gasteiger partial charge in [-0.2, -0.15) is 10.5 Å². The van der Waals surface area contributed by atoms with E-state index in [1.807, 2.05) is 46.2 Å². The number of carbonyl (C=O) groups excluding carboxylic acids is 1. The molecule has 5 heteroatoms. The van der Waals surface area contributed by atoms with Gasteiger partial charge in [0.2, 0.25) is 0 Å². The molecular formula is C25H26N4O. The summed E-state index contributed by atoms with van der Waals surface area (Å²) >= 11 is 0. The number of hydrogen-bond acceptors (Lipinski definition) is 3. The summed E-state index contributed by atoms with van der Waals surface area (Å²) in [6.45, 7) is 2.20. The molecule has 0 bridgehead atoms. The van der Waals surface area contributed by atoms with Crippen LogP contribution in [0.15, 0.2) is 48.5 Å². The quantitative estimate of drug-likeness (QED) is 0.709. The van der Waals surface area contributed by atoms with Crippen molar-refractivity contribution >= 4 is 11.7 Å². The predicted octanol–water partition coefficient (Wildman–Crippen LogP) is 5.04. The van der Waals surface area contributed by atoms with Crippen LogP contribution in [-0.4, -0.2) is 30.6 Å². The molecule has 152 valence electrons. The van der Waals surface area contributed by atoms with Gasteiger partial charge in [0.1, 0.15) is 0 Å². The van der Waals surface area contributed by atoms with Gasteiger partial charge < -0.3 is 4.90 Å². The smallest absolute Gasteiger partial charge is 0.324 e. The molecule has 0 spiro atoms. The summed E-state index contributed by atoms with van der Waals surface area (Å²) in [5.41, 5.74) is 3.41. The normalized spacial score (nSPS) is 16.5. The fourth-order valence-corrected chi connectivity index (χ4v) is 4.17. The molecule has 0 radical (unpaired) electrons. The summed E-state index contributed by atoms with van der Waals surface area (Å²) < 4.78 is 0. The van der Waals surface area contributed by atoms with Crippen LogP contribution in [-0.2, 0) is 0 Å². The molecule has 2 amide bonds. The Labute approximate surface area is 178 Å². The summed E-state index contributed by atoms with van der Waals surface area (Å²) in [6.07, 6.45) is 5.44. The number of hydrogen-bond donors (Lipinski definition) is 0. The highest BCUT2D eigenvalue weighted by Crippen LogP contribution is 2.34. The molecule has 2 aromatic carbocycles. The Bertz CT molecular complexity index is 956. The molecule has 1 aliphatic heterocycles. The fourth-order valence-electron chi connectivity index (χ4n) is 4.17. The number of carbonyl (C=O) groups is 1. The van der Waals surface area contributed by atoms with Crippen molar-refractivity contribution in [3.05, 3.63) is 65.2 Å². The minimum absolute atomic E-state index is 0.0682. The van der Waals surface area contributed by atoms with Crippen molar-refractivity contribution in [1.29, 1.82) is 10.5 Å². The van der Waals surface area contributed by atoms with Crippen LogP contribution in [0.2, 0.25) is 0 Å². The van der Waals surface area contributed by atoms with Crippen LogP contribution < -0.4 is 4.90 Å². The molecule has 2 aliphatic rings. The largest absolute Gasteiger partial charge is 0.324 e. The van der Waals surface area contributed by atoms with Crippen molar-refractivity contribution in [2.45, 2.75) is 38.0 Å². The van der Waals surface area contributed by atoms with E-state index in [2.05, 4.69) is 12.1 Å². The third kappa shape index (κ3) is 4.63. The van der Waals surface area contributed by atoms with E-state index in [4.69, 9.17) is 10.5 Å². The standard InChI is InChI=1S/C25H26N4O/c26-17-20-3-7-22(8-4-20)23-12-14-28(15-13-23)25(30)29(16-11-19-1-2-19)24-9-5-21(18-27)6-10-24/h3-10,19,23H,1-2,11-16H2. The van der Waals surface area contributed by atoms with Crippen molar-refractivity contribution < 1.29 is 4.79 Å². The number of nitrogens with zero attached hydrogens (tertiary/aromatic N) is 4. The van der Waals surface area contributed by atoms with Crippen LogP contribution in [0.25, 0.3) is 0 Å². The zero-order valence-corrected chi connectivity index (χ0v) is 17.1. The second-order valence-electron chi connectivity index (χ2n) is 8.32. The molecule has 0 atom stereocenters. The molecule has 0 N–H and O–H groups in total. The summed E-state index contributed by atoms with van der Waals surface area (Å²) in [5.74, 6) is 1.18. The average Bonchev–Trinajstić information content (AvgIpc) is 3.64. The monoisotopic (exact) mass is 398 g/mol. The molecule has 1 heterocycles. The molecule has 1 saturated heterocycles. The number of benzene rings is 2. The SMILES string of the molecule is N#Cc1ccc(C2CCN(C(=O)N(CCC3CC3)c3ccc(C#N)cc3)CC2)cc1. The van der Waals surface area contributed by atoms with Crippen LogP contribution in [0, 0.1) is 28.6 Å². The number of piperidine rings is 1. The number of likely N-dealkylation sites (tertiary alicyclic amines) is 1. The molecule has 2 fully saturated rings. The van der Waals surface area contributed by atoms with Gasteiger partial charge in [-0.15, -0.1) is 0 Å². The Morgan fingerprint density at radius 1 is 0.900 bits per heavy atom. The van der Waals surface area contributed by atoms with Crippen LogP contribution >= 0.6 is 0 Å². The lowest BCUT2D eigenvalue weighted by molar-refractivity contribution is 0.187. The predicted molar refractivity (Wildman–Crippen MR) is 116 cm³/mol. The van der Waals surface area contributed by atoms with E-state index in [0.717, 1.165) is 50.5 Å². The number of urea groups is 1. The lowest BCUT2D eigenvalue weighted by Crippen LogP contribution is -2.47. The van der Waals surface area contributed by atoms with Crippen LogP contribution in [0.5, 0.6) is 0 Å². The number of anilines is 1. The lowest BCUT2D eigenvalue weighted by atomic mass is 9.89. The zero-order valence-electron chi connectivity index (χ0n) is 17.1. The van der Waals surface area contributed by atoms with Crippen molar-refractivity contribution in [2.24, 2.45) is 5.92 Å². The Morgan fingerprint density at radius 3 is 2.00 bits per heavy atom. The van der Waals surface area contributed by atoms with E-state index in [1.165, 1.54) is 18.4 Å². The van der Waals surface area contributed by atoms with Crippen LogP contribution in [0.3, 0.4) is 0 Å². The fraction of sp³-hybridized carbons (Fsp3) is 0.400. The molecule has 0 unspecified atom stereocenters. The van der Waals surface area contributed by atoms with Gasteiger partial charge in [-0.05, 0) is 73.1 Å². The minimum atomic E-state index is 0.0682. The third-order valence-corrected chi connectivity index (χ3v) is 6.27. The molecule has 1 saturated carbocycles. The molecular weight excluding hydrogens is 372 g/mol. The Morgan fingerprint density at radius 2 is 1.47 bits per heavy atom. The first-order valence-electron chi connectivity index (χ1n) is 10.7. The maximum Gasteiger partial charge on any atom is 0.324 e. The van der Waals surface area contributed by atoms with Crippen LogP contribution in [0.1, 0.15) is 54.7 Å². The van der Waals surface area contributed by atoms with Gasteiger partial charge in [-0.1, -0.05) is 25.0 Å². The number of rotatable bonds is 5. The lowest BCUT2D eigenvalue weighted by Gasteiger charge is -2.36. The maximum absolute atomic E-state index is 13.4. The van der Waals surface area contributed by atoms with Crippen molar-refractivity contribution in [1.82, 2.24) is 4.90 Å². The molecule has 5 nitrogen and oxygen atoms in total. The van der Waals surface area contributed by atoms with Gasteiger partial charge in [0.15, 0.2) is 0 Å². The van der Waals surface area contributed by atoms with Gasteiger partial charge >= 0.3 is 6.03 Å². The molecule has 2 aromatic rings. The Kier molecular flexibility index (Phi) is 6.00. The van der Waals surface area contributed by atoms with E-state index in [1.54, 1.807) is 12.1 Å². The highest BCUT2D eigenvalue weighted by molar-refractivity contribution is 5.92. The second-order valence-corrected chi connectivity index (χ2v) is 8.32. The highest BCUT2D eigenvalue weighted by atomic mass is 16.2. The summed E-state index contributed by atoms with van der Waals surface area (Å²) in [7, 11) is 0. The van der Waals surface area contributed by atoms with E-state index in [9.17, 15) is 4.79 Å². The van der Waals surface area contributed by atoms with E-state index < -0.39 is 0 Å². The number of amides is 2. The van der Waals surface area contributed by atoms with Crippen LogP contribution in [0.4, 0.5) is 10.5 Å². The van der Waals surface area contributed by atoms with Gasteiger partial charge in [0.05, 0.1) is 23.3 Å². The summed E-state index contributed by atoms with van der Waals surface area (Å²) in [6, 6.07) is 19.5. The molecule has 1 aliphatic carbocycles. The van der Waals surface area contributed by atoms with E-state index >= 15 is 0 Å². The van der Waals surface area contributed by atoms with Gasteiger partial charge in [-0.25, -0.2) is 4.79 Å². The van der Waals surface area contributed by atoms with E-state index in [0.29, 0.717) is 17.0 Å². The first-order valence-corrected chi connectivity index (χ1v) is 10.7. The highest BCUT2D eigenvalue weighted by Gasteiger charge is 2.29. The van der Waals surface area contributed by atoms with E-state index in [-0.39, 0.29) is 6.03 Å². The Balaban J connectivity index is 1.42. The van der Waals surface area contributed by atoms with Gasteiger partial charge in [-0.3, -0.25) is 4.90 Å². The first-order chi connectivity index (χ1) is 14.7.